The van der Waals surface area contributed by atoms with E-state index in [9.17, 15) is 23.9 Å². The fourth-order valence-electron chi connectivity index (χ4n) is 13.0. The van der Waals surface area contributed by atoms with E-state index in [-0.39, 0.29) is 63.5 Å². The largest absolute Gasteiger partial charge is 0.508 e. The van der Waals surface area contributed by atoms with Crippen LogP contribution < -0.4 is 25.6 Å². The SMILES string of the molecule is C#Cc1c(F)ccc2cc(O)cc(-c3ncc4c(N5CC6CCC(C5)N6)nc(OCC5(CN6CCC(C)CC6)CC5)nc4c3F)c12.CNc1cc(C2CCN(C3CCN(C=O)CC3)CC2)ccc1C(=N)C1CCC(=O)NC1=O. The number of hydrogen-bond donors (Lipinski definition) is 5. The Hall–Kier alpha value is -6.81. The number of pyridine rings is 1. The van der Waals surface area contributed by atoms with Gasteiger partial charge >= 0.3 is 6.01 Å². The molecule has 18 heteroatoms. The first kappa shape index (κ1) is 53.2. The number of imide groups is 1. The molecule has 410 valence electrons. The Balaban J connectivity index is 0.000000177. The molecule has 3 unspecified atom stereocenters. The number of halogens is 2. The number of phenolic OH excluding ortho intramolecular Hbond substituents is 1. The third-order valence-corrected chi connectivity index (χ3v) is 17.9. The zero-order chi connectivity index (χ0) is 54.2. The van der Waals surface area contributed by atoms with Crippen LogP contribution >= 0.6 is 0 Å². The highest BCUT2D eigenvalue weighted by atomic mass is 19.1. The van der Waals surface area contributed by atoms with Crippen LogP contribution in [0.2, 0.25) is 0 Å². The van der Waals surface area contributed by atoms with E-state index in [1.807, 2.05) is 18.0 Å². The number of aromatic nitrogens is 3. The number of nitrogens with one attached hydrogen (secondary N) is 4. The van der Waals surface area contributed by atoms with Gasteiger partial charge in [-0.05, 0) is 144 Å². The van der Waals surface area contributed by atoms with E-state index >= 15 is 4.39 Å². The number of phenols is 1. The summed E-state index contributed by atoms with van der Waals surface area (Å²) in [5, 5.41) is 29.6. The molecule has 16 nitrogen and oxygen atoms in total. The van der Waals surface area contributed by atoms with Crippen molar-refractivity contribution < 1.29 is 33.0 Å². The third kappa shape index (κ3) is 11.1. The second-order valence-corrected chi connectivity index (χ2v) is 23.1. The van der Waals surface area contributed by atoms with E-state index in [1.54, 1.807) is 6.20 Å². The second kappa shape index (κ2) is 22.5. The predicted molar refractivity (Wildman–Crippen MR) is 297 cm³/mol. The minimum absolute atomic E-state index is 0.0182. The highest BCUT2D eigenvalue weighted by Gasteiger charge is 2.46. The minimum atomic E-state index is -0.702. The summed E-state index contributed by atoms with van der Waals surface area (Å²) >= 11 is 0. The maximum atomic E-state index is 16.8. The normalized spacial score (nSPS) is 23.1. The Morgan fingerprint density at radius 3 is 2.37 bits per heavy atom. The zero-order valence-electron chi connectivity index (χ0n) is 44.8. The Bertz CT molecular complexity index is 3150. The van der Waals surface area contributed by atoms with Gasteiger partial charge in [0.1, 0.15) is 28.6 Å². The maximum Gasteiger partial charge on any atom is 0.319 e. The third-order valence-electron chi connectivity index (χ3n) is 17.9. The summed E-state index contributed by atoms with van der Waals surface area (Å²) < 4.78 is 38.0. The summed E-state index contributed by atoms with van der Waals surface area (Å²) in [7, 11) is 1.84. The van der Waals surface area contributed by atoms with E-state index in [0.29, 0.717) is 59.0 Å². The number of amides is 3. The molecule has 5 N–H and O–H groups in total. The number of likely N-dealkylation sites (tertiary alicyclic amines) is 3. The number of carbonyl (C=O) groups excluding carboxylic acids is 3. The van der Waals surface area contributed by atoms with Gasteiger partial charge in [-0.15, -0.1) is 6.42 Å². The number of fused-ring (bicyclic) bond motifs is 4. The summed E-state index contributed by atoms with van der Waals surface area (Å²) in [6.45, 7) is 11.3. The number of piperidine rings is 4. The van der Waals surface area contributed by atoms with Gasteiger partial charge in [-0.25, -0.2) is 8.78 Å². The average Bonchev–Trinajstić information content (AvgIpc) is 4.28. The van der Waals surface area contributed by atoms with Gasteiger partial charge in [0.2, 0.25) is 18.2 Å². The van der Waals surface area contributed by atoms with Gasteiger partial charge in [-0.2, -0.15) is 9.97 Å². The lowest BCUT2D eigenvalue weighted by Gasteiger charge is -2.41. The summed E-state index contributed by atoms with van der Waals surface area (Å²) in [4.78, 5) is 57.8. The minimum Gasteiger partial charge on any atom is -0.508 e. The van der Waals surface area contributed by atoms with Crippen molar-refractivity contribution in [2.24, 2.45) is 17.3 Å². The van der Waals surface area contributed by atoms with Crippen molar-refractivity contribution in [3.63, 3.8) is 0 Å². The lowest BCUT2D eigenvalue weighted by Crippen LogP contribution is -2.51. The quantitative estimate of drug-likeness (QED) is 0.0336. The molecule has 2 aromatic heterocycles. The van der Waals surface area contributed by atoms with Gasteiger partial charge in [0.05, 0.1) is 29.2 Å². The van der Waals surface area contributed by atoms with Crippen molar-refractivity contribution in [2.75, 3.05) is 82.8 Å². The number of aromatic hydroxyl groups is 1. The van der Waals surface area contributed by atoms with Crippen LogP contribution in [0, 0.1) is 46.6 Å². The van der Waals surface area contributed by atoms with Crippen LogP contribution in [0.15, 0.2) is 48.7 Å². The van der Waals surface area contributed by atoms with Crippen molar-refractivity contribution in [2.45, 2.75) is 108 Å². The number of piperazine rings is 1. The highest BCUT2D eigenvalue weighted by Crippen LogP contribution is 2.47. The molecule has 8 heterocycles. The topological polar surface area (TPSA) is 192 Å². The van der Waals surface area contributed by atoms with Crippen molar-refractivity contribution in [3.8, 4) is 35.4 Å². The Morgan fingerprint density at radius 2 is 1.69 bits per heavy atom. The molecule has 3 amide bonds. The highest BCUT2D eigenvalue weighted by molar-refractivity contribution is 6.17. The van der Waals surface area contributed by atoms with E-state index in [0.717, 1.165) is 134 Å². The van der Waals surface area contributed by atoms with E-state index < -0.39 is 17.6 Å². The van der Waals surface area contributed by atoms with Gasteiger partial charge in [0, 0.05) is 98.1 Å². The van der Waals surface area contributed by atoms with Crippen LogP contribution in [0.5, 0.6) is 11.8 Å². The van der Waals surface area contributed by atoms with E-state index in [1.165, 1.54) is 42.7 Å². The van der Waals surface area contributed by atoms with E-state index in [2.05, 4.69) is 65.6 Å². The van der Waals surface area contributed by atoms with Crippen LogP contribution in [0.3, 0.4) is 0 Å². The Labute approximate surface area is 454 Å². The Kier molecular flexibility index (Phi) is 15.4. The van der Waals surface area contributed by atoms with Crippen LogP contribution in [0.25, 0.3) is 32.9 Å². The molecule has 0 radical (unpaired) electrons. The molecule has 3 atom stereocenters. The standard InChI is InChI=1S/C36H38F2N6O2.C24H33N5O3/c1-3-26-29(37)7-4-22-14-25(45)15-27(30(22)26)32-31(38)33-28(16-39-32)34(44-17-23-5-6-24(18-44)40-23)42-35(41-33)46-20-36(10-11-36)19-43-12-8-21(2)9-13-43;1-26-21-14-17(2-3-19(21)23(25)20-4-5-22(31)27-24(20)32)16-6-12-29(13-7-16)18-8-10-28(15-30)11-9-18/h1,4,7,14-16,21,23-24,40,45H,5-6,8-13,17-20H2,2H3;2-3,14-16,18,20,25-26H,4-13H2,1H3,(H,27,31,32). The molecule has 1 saturated carbocycles. The molecule has 5 aromatic rings. The molecule has 78 heavy (non-hydrogen) atoms. The Morgan fingerprint density at radius 1 is 0.949 bits per heavy atom. The maximum absolute atomic E-state index is 16.8. The average molecular weight is 1060 g/mol. The first-order chi connectivity index (χ1) is 37.8. The first-order valence-corrected chi connectivity index (χ1v) is 28.1. The fraction of sp³-hybridized carbons (Fsp3) is 0.517. The van der Waals surface area contributed by atoms with Crippen LogP contribution in [0.1, 0.15) is 107 Å². The van der Waals surface area contributed by atoms with Gasteiger partial charge in [0.15, 0.2) is 5.82 Å². The number of benzene rings is 3. The van der Waals surface area contributed by atoms with Gasteiger partial charge in [0.25, 0.3) is 0 Å². The fourth-order valence-corrected chi connectivity index (χ4v) is 13.0. The van der Waals surface area contributed by atoms with Crippen molar-refractivity contribution in [1.82, 2.24) is 40.3 Å². The monoisotopic (exact) mass is 1060 g/mol. The number of hydrogen-bond acceptors (Lipinski definition) is 14. The molecular weight excluding hydrogens is 993 g/mol. The molecule has 0 spiro atoms. The van der Waals surface area contributed by atoms with Crippen LogP contribution in [0.4, 0.5) is 20.3 Å². The number of nitrogens with zero attached hydrogens (tertiary/aromatic N) is 7. The number of rotatable bonds is 13. The summed E-state index contributed by atoms with van der Waals surface area (Å²) in [5.41, 5.74) is 3.35. The van der Waals surface area contributed by atoms with E-state index in [4.69, 9.17) is 21.6 Å². The van der Waals surface area contributed by atoms with Crippen LogP contribution in [-0.4, -0.2) is 149 Å². The molecule has 6 aliphatic heterocycles. The lowest BCUT2D eigenvalue weighted by atomic mass is 9.84. The number of carbonyl (C=O) groups is 3. The summed E-state index contributed by atoms with van der Waals surface area (Å²) in [6.07, 6.45) is 20.0. The number of ether oxygens (including phenoxy) is 1. The number of terminal acetylenes is 1. The second-order valence-electron chi connectivity index (χ2n) is 23.1. The molecule has 2 bridgehead atoms. The van der Waals surface area contributed by atoms with Crippen molar-refractivity contribution in [1.29, 1.82) is 5.41 Å². The molecule has 3 aromatic carbocycles. The predicted octanol–water partition coefficient (Wildman–Crippen LogP) is 7.59. The summed E-state index contributed by atoms with van der Waals surface area (Å²) in [6, 6.07) is 13.2. The first-order valence-electron chi connectivity index (χ1n) is 28.1. The molecular formula is C60H71F2N11O5. The van der Waals surface area contributed by atoms with Gasteiger partial charge in [-0.1, -0.05) is 31.0 Å². The van der Waals surface area contributed by atoms with Gasteiger partial charge in [-0.3, -0.25) is 24.7 Å². The number of anilines is 2. The van der Waals surface area contributed by atoms with Crippen molar-refractivity contribution in [3.05, 3.63) is 77.0 Å². The molecule has 1 aliphatic carbocycles. The molecule has 12 rings (SSSR count). The molecule has 7 aliphatic rings. The lowest BCUT2D eigenvalue weighted by molar-refractivity contribution is -0.134. The molecule has 6 saturated heterocycles. The van der Waals surface area contributed by atoms with Crippen LogP contribution in [-0.2, 0) is 14.4 Å². The van der Waals surface area contributed by atoms with Gasteiger partial charge < -0.3 is 45.5 Å². The van der Waals surface area contributed by atoms with Crippen molar-refractivity contribution >= 4 is 57.1 Å². The zero-order valence-corrected chi connectivity index (χ0v) is 44.8. The smallest absolute Gasteiger partial charge is 0.319 e. The summed E-state index contributed by atoms with van der Waals surface area (Å²) in [5.74, 6) is 1.62. The molecule has 7 fully saturated rings.